The van der Waals surface area contributed by atoms with Crippen molar-refractivity contribution in [2.45, 2.75) is 0 Å². The van der Waals surface area contributed by atoms with Crippen molar-refractivity contribution in [2.24, 2.45) is 0 Å². The lowest BCUT2D eigenvalue weighted by atomic mass is 10.1. The van der Waals surface area contributed by atoms with Crippen LogP contribution in [0.5, 0.6) is 0 Å². The first-order valence-corrected chi connectivity index (χ1v) is 5.64. The first-order chi connectivity index (χ1) is 7.15. The van der Waals surface area contributed by atoms with Crippen LogP contribution in [0.1, 0.15) is 0 Å². The molecule has 0 fully saturated rings. The number of hydrogen-bond donors (Lipinski definition) is 1. The van der Waals surface area contributed by atoms with Gasteiger partial charge in [0, 0.05) is 15.2 Å². The van der Waals surface area contributed by atoms with Crippen LogP contribution in [-0.2, 0) is 0 Å². The van der Waals surface area contributed by atoms with E-state index in [1.165, 1.54) is 0 Å². The van der Waals surface area contributed by atoms with E-state index in [4.69, 9.17) is 17.3 Å². The van der Waals surface area contributed by atoms with E-state index in [2.05, 4.69) is 15.9 Å². The molecule has 0 saturated heterocycles. The van der Waals surface area contributed by atoms with Crippen molar-refractivity contribution < 1.29 is 0 Å². The van der Waals surface area contributed by atoms with Crippen molar-refractivity contribution in [1.82, 2.24) is 0 Å². The first kappa shape index (κ1) is 10.5. The van der Waals surface area contributed by atoms with Crippen LogP contribution in [0.4, 0.5) is 5.69 Å². The minimum absolute atomic E-state index is 0.719. The van der Waals surface area contributed by atoms with Crippen LogP contribution in [0, 0.1) is 0 Å². The smallest absolute Gasteiger partial charge is 0.0423 e. The molecule has 0 atom stereocenters. The molecule has 0 aliphatic rings. The maximum Gasteiger partial charge on any atom is 0.0423 e. The third kappa shape index (κ3) is 2.52. The zero-order valence-corrected chi connectivity index (χ0v) is 10.2. The lowest BCUT2D eigenvalue weighted by molar-refractivity contribution is 1.59. The van der Waals surface area contributed by atoms with E-state index < -0.39 is 0 Å². The van der Waals surface area contributed by atoms with Crippen LogP contribution in [0.3, 0.4) is 0 Å². The van der Waals surface area contributed by atoms with Gasteiger partial charge in [-0.25, -0.2) is 0 Å². The molecule has 0 aromatic heterocycles. The van der Waals surface area contributed by atoms with Crippen LogP contribution in [0.15, 0.2) is 46.9 Å². The van der Waals surface area contributed by atoms with Crippen LogP contribution in [0.25, 0.3) is 11.1 Å². The molecular formula is C12H9BrClN. The Labute approximate surface area is 102 Å². The lowest BCUT2D eigenvalue weighted by Gasteiger charge is -2.04. The molecule has 0 bridgehead atoms. The van der Waals surface area contributed by atoms with Gasteiger partial charge in [0.1, 0.15) is 0 Å². The second-order valence-electron chi connectivity index (χ2n) is 3.28. The van der Waals surface area contributed by atoms with Gasteiger partial charge in [-0.3, -0.25) is 0 Å². The quantitative estimate of drug-likeness (QED) is 0.773. The lowest BCUT2D eigenvalue weighted by Crippen LogP contribution is -1.84. The van der Waals surface area contributed by atoms with Crippen molar-refractivity contribution in [2.75, 3.05) is 5.73 Å². The Morgan fingerprint density at radius 1 is 0.933 bits per heavy atom. The summed E-state index contributed by atoms with van der Waals surface area (Å²) in [6.07, 6.45) is 0. The molecule has 2 N–H and O–H groups in total. The molecule has 0 saturated carbocycles. The van der Waals surface area contributed by atoms with E-state index >= 15 is 0 Å². The van der Waals surface area contributed by atoms with Crippen LogP contribution >= 0.6 is 27.5 Å². The number of benzene rings is 2. The first-order valence-electron chi connectivity index (χ1n) is 4.47. The second kappa shape index (κ2) is 4.25. The highest BCUT2D eigenvalue weighted by Crippen LogP contribution is 2.27. The maximum atomic E-state index is 5.98. The van der Waals surface area contributed by atoms with Gasteiger partial charge in [0.15, 0.2) is 0 Å². The molecule has 1 nitrogen and oxygen atoms in total. The fourth-order valence-corrected chi connectivity index (χ4v) is 2.26. The molecule has 2 aromatic rings. The van der Waals surface area contributed by atoms with Gasteiger partial charge in [-0.2, -0.15) is 0 Å². The molecular weight excluding hydrogens is 273 g/mol. The summed E-state index contributed by atoms with van der Waals surface area (Å²) in [7, 11) is 0. The minimum atomic E-state index is 0.719. The summed E-state index contributed by atoms with van der Waals surface area (Å²) in [5, 5.41) is 0.719. The number of hydrogen-bond acceptors (Lipinski definition) is 1. The summed E-state index contributed by atoms with van der Waals surface area (Å²) in [6.45, 7) is 0. The van der Waals surface area contributed by atoms with Gasteiger partial charge in [0.25, 0.3) is 0 Å². The number of halogens is 2. The fourth-order valence-electron chi connectivity index (χ4n) is 1.40. The van der Waals surface area contributed by atoms with E-state index in [-0.39, 0.29) is 0 Å². The van der Waals surface area contributed by atoms with Gasteiger partial charge in [0.2, 0.25) is 0 Å². The molecule has 0 spiro atoms. The van der Waals surface area contributed by atoms with E-state index in [1.807, 2.05) is 42.5 Å². The van der Waals surface area contributed by atoms with Gasteiger partial charge in [0.05, 0.1) is 0 Å². The Balaban J connectivity index is 2.49. The summed E-state index contributed by atoms with van der Waals surface area (Å²) in [6, 6.07) is 13.5. The predicted molar refractivity (Wildman–Crippen MR) is 69.0 cm³/mol. The minimum Gasteiger partial charge on any atom is -0.399 e. The Kier molecular flexibility index (Phi) is 2.98. The van der Waals surface area contributed by atoms with Crippen molar-refractivity contribution >= 4 is 33.2 Å². The zero-order chi connectivity index (χ0) is 10.8. The van der Waals surface area contributed by atoms with Crippen molar-refractivity contribution in [3.05, 3.63) is 52.0 Å². The largest absolute Gasteiger partial charge is 0.399 e. The SMILES string of the molecule is Nc1ccc(-c2cc(Cl)cc(Br)c2)cc1. The highest BCUT2D eigenvalue weighted by atomic mass is 79.9. The molecule has 15 heavy (non-hydrogen) atoms. The van der Waals surface area contributed by atoms with Gasteiger partial charge >= 0.3 is 0 Å². The van der Waals surface area contributed by atoms with Gasteiger partial charge in [-0.1, -0.05) is 39.7 Å². The second-order valence-corrected chi connectivity index (χ2v) is 4.63. The number of nitrogens with two attached hydrogens (primary N) is 1. The average Bonchev–Trinajstić information content (AvgIpc) is 2.17. The zero-order valence-electron chi connectivity index (χ0n) is 7.87. The van der Waals surface area contributed by atoms with Gasteiger partial charge < -0.3 is 5.73 Å². The van der Waals surface area contributed by atoms with Crippen LogP contribution in [0.2, 0.25) is 5.02 Å². The van der Waals surface area contributed by atoms with Crippen molar-refractivity contribution in [3.63, 3.8) is 0 Å². The summed E-state index contributed by atoms with van der Waals surface area (Å²) in [5.74, 6) is 0. The summed E-state index contributed by atoms with van der Waals surface area (Å²) in [5.41, 5.74) is 8.58. The third-order valence-corrected chi connectivity index (χ3v) is 2.78. The van der Waals surface area contributed by atoms with E-state index in [1.54, 1.807) is 0 Å². The Morgan fingerprint density at radius 3 is 2.20 bits per heavy atom. The van der Waals surface area contributed by atoms with E-state index in [0.29, 0.717) is 0 Å². The molecule has 0 aliphatic heterocycles. The van der Waals surface area contributed by atoms with Crippen LogP contribution < -0.4 is 5.73 Å². The molecule has 0 heterocycles. The Morgan fingerprint density at radius 2 is 1.60 bits per heavy atom. The number of nitrogen functional groups attached to an aromatic ring is 1. The van der Waals surface area contributed by atoms with Crippen molar-refractivity contribution in [3.8, 4) is 11.1 Å². The average molecular weight is 283 g/mol. The van der Waals surface area contributed by atoms with E-state index in [0.717, 1.165) is 26.3 Å². The highest BCUT2D eigenvalue weighted by molar-refractivity contribution is 9.10. The van der Waals surface area contributed by atoms with Crippen LogP contribution in [-0.4, -0.2) is 0 Å². The molecule has 0 amide bonds. The molecule has 2 aromatic carbocycles. The maximum absolute atomic E-state index is 5.98. The normalized spacial score (nSPS) is 10.3. The molecule has 2 rings (SSSR count). The predicted octanol–water partition coefficient (Wildman–Crippen LogP) is 4.35. The van der Waals surface area contributed by atoms with Gasteiger partial charge in [-0.15, -0.1) is 0 Å². The standard InChI is InChI=1S/C12H9BrClN/c13-10-5-9(6-11(14)7-10)8-1-3-12(15)4-2-8/h1-7H,15H2. The molecule has 0 radical (unpaired) electrons. The third-order valence-electron chi connectivity index (χ3n) is 2.11. The molecule has 3 heteroatoms. The molecule has 0 unspecified atom stereocenters. The monoisotopic (exact) mass is 281 g/mol. The van der Waals surface area contributed by atoms with Crippen molar-refractivity contribution in [1.29, 1.82) is 0 Å². The Bertz CT molecular complexity index is 459. The summed E-state index contributed by atoms with van der Waals surface area (Å²) < 4.78 is 0.974. The number of rotatable bonds is 1. The molecule has 76 valence electrons. The number of anilines is 1. The Hall–Kier alpha value is -0.990. The fraction of sp³-hybridized carbons (Fsp3) is 0. The van der Waals surface area contributed by atoms with Gasteiger partial charge in [-0.05, 0) is 41.5 Å². The van der Waals surface area contributed by atoms with E-state index in [9.17, 15) is 0 Å². The summed E-state index contributed by atoms with van der Waals surface area (Å²) >= 11 is 9.39. The summed E-state index contributed by atoms with van der Waals surface area (Å²) in [4.78, 5) is 0. The highest BCUT2D eigenvalue weighted by Gasteiger charge is 2.00. The topological polar surface area (TPSA) is 26.0 Å². The molecule has 0 aliphatic carbocycles.